The lowest BCUT2D eigenvalue weighted by Gasteiger charge is -2.38. The van der Waals surface area contributed by atoms with E-state index in [1.165, 1.54) is 30.4 Å². The first-order chi connectivity index (χ1) is 13.2. The first kappa shape index (κ1) is 18.9. The Labute approximate surface area is 170 Å². The number of piperidine rings is 1. The largest absolute Gasteiger partial charge is 0.380 e. The highest BCUT2D eigenvalue weighted by Crippen LogP contribution is 2.38. The molecule has 4 heteroatoms. The fourth-order valence-electron chi connectivity index (χ4n) is 4.19. The van der Waals surface area contributed by atoms with Crippen molar-refractivity contribution in [1.82, 2.24) is 4.90 Å². The average Bonchev–Trinajstić information content (AvgIpc) is 3.41. The number of hydrogen-bond acceptors (Lipinski definition) is 4. The second-order valence-corrected chi connectivity index (χ2v) is 9.15. The van der Waals surface area contributed by atoms with Gasteiger partial charge in [0, 0.05) is 12.6 Å². The van der Waals surface area contributed by atoms with Crippen molar-refractivity contribution in [2.45, 2.75) is 44.2 Å². The van der Waals surface area contributed by atoms with Crippen molar-refractivity contribution in [3.05, 3.63) is 80.2 Å². The summed E-state index contributed by atoms with van der Waals surface area (Å²) in [7, 11) is 0. The van der Waals surface area contributed by atoms with E-state index in [1.807, 2.05) is 0 Å². The molecule has 1 N–H and O–H groups in total. The van der Waals surface area contributed by atoms with Gasteiger partial charge in [0.05, 0.1) is 0 Å². The summed E-state index contributed by atoms with van der Waals surface area (Å²) in [6.45, 7) is 4.16. The predicted molar refractivity (Wildman–Crippen MR) is 116 cm³/mol. The molecule has 1 aliphatic rings. The summed E-state index contributed by atoms with van der Waals surface area (Å²) in [6, 6.07) is 13.6. The minimum Gasteiger partial charge on any atom is -0.380 e. The number of benzene rings is 1. The summed E-state index contributed by atoms with van der Waals surface area (Å²) in [6.07, 6.45) is 4.47. The highest BCUT2D eigenvalue weighted by Gasteiger charge is 2.34. The highest BCUT2D eigenvalue weighted by molar-refractivity contribution is 7.08. The van der Waals surface area contributed by atoms with Crippen LogP contribution in [0.2, 0.25) is 0 Å². The number of likely N-dealkylation sites (tertiary alicyclic amines) is 1. The number of thiophene rings is 2. The predicted octanol–water partition coefficient (Wildman–Crippen LogP) is 5.97. The normalized spacial score (nSPS) is 18.7. The zero-order valence-corrected chi connectivity index (χ0v) is 17.4. The van der Waals surface area contributed by atoms with Crippen molar-refractivity contribution in [3.8, 4) is 0 Å². The highest BCUT2D eigenvalue weighted by atomic mass is 32.1. The third kappa shape index (κ3) is 4.04. The lowest BCUT2D eigenvalue weighted by Crippen LogP contribution is -2.38. The Morgan fingerprint density at radius 3 is 2.26 bits per heavy atom. The molecule has 1 unspecified atom stereocenters. The van der Waals surface area contributed by atoms with E-state index in [9.17, 15) is 5.11 Å². The van der Waals surface area contributed by atoms with Crippen LogP contribution in [0, 0.1) is 6.92 Å². The van der Waals surface area contributed by atoms with Gasteiger partial charge in [-0.05, 0) is 83.1 Å². The molecule has 0 radical (unpaired) electrons. The molecule has 3 aromatic rings. The van der Waals surface area contributed by atoms with Crippen LogP contribution in [-0.4, -0.2) is 23.1 Å². The van der Waals surface area contributed by atoms with Crippen molar-refractivity contribution in [1.29, 1.82) is 0 Å². The van der Waals surface area contributed by atoms with E-state index in [4.69, 9.17) is 0 Å². The van der Waals surface area contributed by atoms with Gasteiger partial charge in [0.25, 0.3) is 0 Å². The van der Waals surface area contributed by atoms with E-state index in [-0.39, 0.29) is 0 Å². The van der Waals surface area contributed by atoms with Gasteiger partial charge in [-0.25, -0.2) is 0 Å². The summed E-state index contributed by atoms with van der Waals surface area (Å²) in [5.41, 5.74) is 3.87. The molecule has 2 aromatic heterocycles. The van der Waals surface area contributed by atoms with Crippen LogP contribution in [0.4, 0.5) is 0 Å². The summed E-state index contributed by atoms with van der Waals surface area (Å²) in [5.74, 6) is 0. The van der Waals surface area contributed by atoms with Crippen molar-refractivity contribution in [3.63, 3.8) is 0 Å². The molecule has 4 rings (SSSR count). The number of aryl methyl sites for hydroxylation is 1. The number of rotatable bonds is 6. The molecule has 1 aliphatic heterocycles. The molecule has 2 nitrogen and oxygen atoms in total. The van der Waals surface area contributed by atoms with Crippen LogP contribution in [-0.2, 0) is 5.60 Å². The number of nitrogens with zero attached hydrogens (tertiary/aromatic N) is 1. The Bertz CT molecular complexity index is 790. The summed E-state index contributed by atoms with van der Waals surface area (Å²) in [5, 5.41) is 19.9. The maximum Gasteiger partial charge on any atom is 0.117 e. The fourth-order valence-corrected chi connectivity index (χ4v) is 5.63. The second-order valence-electron chi connectivity index (χ2n) is 7.59. The summed E-state index contributed by atoms with van der Waals surface area (Å²) >= 11 is 3.31. The third-order valence-electron chi connectivity index (χ3n) is 5.83. The average molecular weight is 398 g/mol. The quantitative estimate of drug-likeness (QED) is 0.554. The van der Waals surface area contributed by atoms with Gasteiger partial charge in [-0.15, -0.1) is 0 Å². The molecule has 1 atom stereocenters. The summed E-state index contributed by atoms with van der Waals surface area (Å²) < 4.78 is 0. The second kappa shape index (κ2) is 8.27. The molecular weight excluding hydrogens is 370 g/mol. The lowest BCUT2D eigenvalue weighted by atomic mass is 9.85. The first-order valence-corrected chi connectivity index (χ1v) is 11.6. The van der Waals surface area contributed by atoms with Crippen molar-refractivity contribution in [2.75, 3.05) is 13.1 Å². The molecule has 0 amide bonds. The van der Waals surface area contributed by atoms with Crippen LogP contribution in [0.15, 0.2) is 57.9 Å². The van der Waals surface area contributed by atoms with Crippen LogP contribution >= 0.6 is 22.7 Å². The van der Waals surface area contributed by atoms with Crippen molar-refractivity contribution >= 4 is 22.7 Å². The topological polar surface area (TPSA) is 23.5 Å². The van der Waals surface area contributed by atoms with Gasteiger partial charge in [0.2, 0.25) is 0 Å². The molecule has 1 aromatic carbocycles. The number of hydrogen-bond donors (Lipinski definition) is 1. The Morgan fingerprint density at radius 1 is 1.00 bits per heavy atom. The molecule has 1 saturated heterocycles. The van der Waals surface area contributed by atoms with Gasteiger partial charge >= 0.3 is 0 Å². The van der Waals surface area contributed by atoms with Gasteiger partial charge in [0.1, 0.15) is 5.60 Å². The Hall–Kier alpha value is -1.46. The van der Waals surface area contributed by atoms with Crippen LogP contribution in [0.25, 0.3) is 0 Å². The Kier molecular flexibility index (Phi) is 5.79. The minimum absolute atomic E-state index is 0.466. The van der Waals surface area contributed by atoms with Crippen LogP contribution in [0.5, 0.6) is 0 Å². The molecule has 27 heavy (non-hydrogen) atoms. The van der Waals surface area contributed by atoms with Gasteiger partial charge in [-0.2, -0.15) is 22.7 Å². The van der Waals surface area contributed by atoms with Crippen LogP contribution < -0.4 is 0 Å². The van der Waals surface area contributed by atoms with Gasteiger partial charge in [0.15, 0.2) is 0 Å². The fraction of sp³-hybridized carbons (Fsp3) is 0.391. The standard InChI is InChI=1S/C23H27NOS2/c1-18-5-7-19(8-6-18)22-4-2-3-12-24(22)13-11-23(25,20-9-14-26-16-20)21-10-15-27-17-21/h5-10,14-17,22,25H,2-4,11-13H2,1H3. The summed E-state index contributed by atoms with van der Waals surface area (Å²) in [4.78, 5) is 2.58. The zero-order valence-electron chi connectivity index (χ0n) is 15.8. The molecule has 0 aliphatic carbocycles. The van der Waals surface area contributed by atoms with E-state index in [1.54, 1.807) is 22.7 Å². The van der Waals surface area contributed by atoms with Crippen molar-refractivity contribution in [2.24, 2.45) is 0 Å². The zero-order chi connectivity index (χ0) is 18.7. The third-order valence-corrected chi connectivity index (χ3v) is 7.20. The SMILES string of the molecule is Cc1ccc(C2CCCCN2CCC(O)(c2ccsc2)c2ccsc2)cc1. The molecule has 0 bridgehead atoms. The van der Waals surface area contributed by atoms with Crippen LogP contribution in [0.1, 0.15) is 54.0 Å². The van der Waals surface area contributed by atoms with Gasteiger partial charge in [-0.3, -0.25) is 4.90 Å². The van der Waals surface area contributed by atoms with E-state index >= 15 is 0 Å². The van der Waals surface area contributed by atoms with Gasteiger partial charge < -0.3 is 5.11 Å². The smallest absolute Gasteiger partial charge is 0.117 e. The molecule has 1 fully saturated rings. The Balaban J connectivity index is 1.55. The monoisotopic (exact) mass is 397 g/mol. The van der Waals surface area contributed by atoms with E-state index in [2.05, 4.69) is 69.7 Å². The first-order valence-electron chi connectivity index (χ1n) is 9.75. The van der Waals surface area contributed by atoms with E-state index < -0.39 is 5.60 Å². The van der Waals surface area contributed by atoms with Crippen LogP contribution in [0.3, 0.4) is 0 Å². The molecule has 3 heterocycles. The van der Waals surface area contributed by atoms with E-state index in [0.717, 1.165) is 30.6 Å². The maximum absolute atomic E-state index is 11.6. The van der Waals surface area contributed by atoms with E-state index in [0.29, 0.717) is 6.04 Å². The molecular formula is C23H27NOS2. The van der Waals surface area contributed by atoms with Crippen molar-refractivity contribution < 1.29 is 5.11 Å². The van der Waals surface area contributed by atoms with Gasteiger partial charge in [-0.1, -0.05) is 36.2 Å². The molecule has 0 saturated carbocycles. The molecule has 0 spiro atoms. The lowest BCUT2D eigenvalue weighted by molar-refractivity contribution is 0.0440. The minimum atomic E-state index is -0.894. The Morgan fingerprint density at radius 2 is 1.67 bits per heavy atom. The number of aliphatic hydroxyl groups is 1. The maximum atomic E-state index is 11.6. The molecule has 142 valence electrons.